The number of carbonyl (C=O) groups is 1. The molecular weight excluding hydrogens is 228 g/mol. The summed E-state index contributed by atoms with van der Waals surface area (Å²) >= 11 is 0. The number of hydrogen-bond donors (Lipinski definition) is 1. The number of esters is 1. The molecule has 0 radical (unpaired) electrons. The van der Waals surface area contributed by atoms with Gasteiger partial charge in [0.1, 0.15) is 11.3 Å². The monoisotopic (exact) mass is 250 g/mol. The van der Waals surface area contributed by atoms with Crippen molar-refractivity contribution in [1.29, 1.82) is 0 Å². The van der Waals surface area contributed by atoms with Crippen LogP contribution in [0.2, 0.25) is 0 Å². The van der Waals surface area contributed by atoms with Crippen molar-refractivity contribution in [1.82, 2.24) is 0 Å². The number of aromatic hydroxyl groups is 1. The molecule has 1 N–H and O–H groups in total. The predicted molar refractivity (Wildman–Crippen MR) is 71.9 cm³/mol. The molecule has 100 valence electrons. The van der Waals surface area contributed by atoms with Crippen LogP contribution in [-0.2, 0) is 11.2 Å². The van der Waals surface area contributed by atoms with E-state index in [1.807, 2.05) is 13.0 Å². The first-order valence-electron chi connectivity index (χ1n) is 6.68. The van der Waals surface area contributed by atoms with Crippen LogP contribution < -0.4 is 0 Å². The fourth-order valence-corrected chi connectivity index (χ4v) is 1.71. The maximum Gasteiger partial charge on any atom is 0.341 e. The zero-order valence-electron chi connectivity index (χ0n) is 11.2. The second kappa shape index (κ2) is 7.75. The van der Waals surface area contributed by atoms with E-state index in [2.05, 4.69) is 6.92 Å². The molecular formula is C15H22O3. The van der Waals surface area contributed by atoms with E-state index in [1.165, 1.54) is 0 Å². The standard InChI is InChI=1S/C15H22O3/c1-3-5-8-12-9-7-10-13(14(12)16)15(17)18-11-6-4-2/h7,9-10,16H,3-6,8,11H2,1-2H3. The van der Waals surface area contributed by atoms with Crippen molar-refractivity contribution in [2.24, 2.45) is 0 Å². The molecule has 1 aromatic carbocycles. The third kappa shape index (κ3) is 4.06. The summed E-state index contributed by atoms with van der Waals surface area (Å²) in [7, 11) is 0. The lowest BCUT2D eigenvalue weighted by atomic mass is 10.0. The van der Waals surface area contributed by atoms with Crippen LogP contribution in [0, 0.1) is 0 Å². The average molecular weight is 250 g/mol. The Morgan fingerprint density at radius 3 is 2.61 bits per heavy atom. The fraction of sp³-hybridized carbons (Fsp3) is 0.533. The van der Waals surface area contributed by atoms with Gasteiger partial charge in [0.05, 0.1) is 6.61 Å². The minimum Gasteiger partial charge on any atom is -0.507 e. The van der Waals surface area contributed by atoms with Crippen molar-refractivity contribution in [2.45, 2.75) is 46.0 Å². The molecule has 0 aromatic heterocycles. The van der Waals surface area contributed by atoms with Crippen molar-refractivity contribution in [3.8, 4) is 5.75 Å². The molecule has 3 nitrogen and oxygen atoms in total. The lowest BCUT2D eigenvalue weighted by Crippen LogP contribution is -2.07. The van der Waals surface area contributed by atoms with Crippen LogP contribution in [0.5, 0.6) is 5.75 Å². The molecule has 0 fully saturated rings. The van der Waals surface area contributed by atoms with Gasteiger partial charge in [0, 0.05) is 0 Å². The first kappa shape index (κ1) is 14.6. The summed E-state index contributed by atoms with van der Waals surface area (Å²) in [5, 5.41) is 10.0. The second-order valence-corrected chi connectivity index (χ2v) is 4.41. The highest BCUT2D eigenvalue weighted by atomic mass is 16.5. The third-order valence-electron chi connectivity index (χ3n) is 2.87. The highest BCUT2D eigenvalue weighted by Crippen LogP contribution is 2.24. The van der Waals surface area contributed by atoms with E-state index in [0.29, 0.717) is 6.61 Å². The number of phenolic OH excluding ortho intramolecular Hbond substituents is 1. The largest absolute Gasteiger partial charge is 0.507 e. The van der Waals surface area contributed by atoms with Crippen LogP contribution >= 0.6 is 0 Å². The Morgan fingerprint density at radius 2 is 1.94 bits per heavy atom. The average Bonchev–Trinajstić information content (AvgIpc) is 2.37. The van der Waals surface area contributed by atoms with E-state index in [4.69, 9.17) is 4.74 Å². The number of phenols is 1. The summed E-state index contributed by atoms with van der Waals surface area (Å²) in [5.41, 5.74) is 1.10. The molecule has 0 saturated heterocycles. The summed E-state index contributed by atoms with van der Waals surface area (Å²) in [6.07, 6.45) is 4.68. The summed E-state index contributed by atoms with van der Waals surface area (Å²) in [6, 6.07) is 5.26. The molecule has 0 bridgehead atoms. The maximum absolute atomic E-state index is 11.8. The lowest BCUT2D eigenvalue weighted by molar-refractivity contribution is 0.0496. The fourth-order valence-electron chi connectivity index (χ4n) is 1.71. The van der Waals surface area contributed by atoms with Crippen LogP contribution in [0.25, 0.3) is 0 Å². The first-order valence-corrected chi connectivity index (χ1v) is 6.68. The number of para-hydroxylation sites is 1. The van der Waals surface area contributed by atoms with Crippen molar-refractivity contribution in [3.63, 3.8) is 0 Å². The number of aryl methyl sites for hydroxylation is 1. The van der Waals surface area contributed by atoms with Gasteiger partial charge >= 0.3 is 5.97 Å². The van der Waals surface area contributed by atoms with Gasteiger partial charge in [0.15, 0.2) is 0 Å². The Balaban J connectivity index is 2.72. The molecule has 0 heterocycles. The summed E-state index contributed by atoms with van der Waals surface area (Å²) in [6.45, 7) is 4.55. The van der Waals surface area contributed by atoms with Gasteiger partial charge in [-0.3, -0.25) is 0 Å². The topological polar surface area (TPSA) is 46.5 Å². The van der Waals surface area contributed by atoms with E-state index in [-0.39, 0.29) is 11.3 Å². The van der Waals surface area contributed by atoms with Gasteiger partial charge in [-0.25, -0.2) is 4.79 Å². The van der Waals surface area contributed by atoms with Gasteiger partial charge in [0.25, 0.3) is 0 Å². The van der Waals surface area contributed by atoms with Gasteiger partial charge in [-0.2, -0.15) is 0 Å². The predicted octanol–water partition coefficient (Wildman–Crippen LogP) is 3.69. The van der Waals surface area contributed by atoms with Crippen molar-refractivity contribution in [2.75, 3.05) is 6.61 Å². The van der Waals surface area contributed by atoms with Crippen LogP contribution in [-0.4, -0.2) is 17.7 Å². The molecule has 0 aliphatic carbocycles. The second-order valence-electron chi connectivity index (χ2n) is 4.41. The number of ether oxygens (including phenoxy) is 1. The van der Waals surface area contributed by atoms with Gasteiger partial charge < -0.3 is 9.84 Å². The zero-order valence-corrected chi connectivity index (χ0v) is 11.2. The van der Waals surface area contributed by atoms with Gasteiger partial charge in [-0.1, -0.05) is 38.8 Å². The number of unbranched alkanes of at least 4 members (excludes halogenated alkanes) is 2. The van der Waals surface area contributed by atoms with Crippen molar-refractivity contribution >= 4 is 5.97 Å². The highest BCUT2D eigenvalue weighted by Gasteiger charge is 2.14. The molecule has 0 amide bonds. The lowest BCUT2D eigenvalue weighted by Gasteiger charge is -2.09. The molecule has 0 atom stereocenters. The summed E-state index contributed by atoms with van der Waals surface area (Å²) in [4.78, 5) is 11.8. The molecule has 0 spiro atoms. The van der Waals surface area contributed by atoms with Gasteiger partial charge in [-0.15, -0.1) is 0 Å². The van der Waals surface area contributed by atoms with Crippen molar-refractivity contribution < 1.29 is 14.6 Å². The van der Waals surface area contributed by atoms with Gasteiger partial charge in [-0.05, 0) is 30.9 Å². The Kier molecular flexibility index (Phi) is 6.26. The van der Waals surface area contributed by atoms with Gasteiger partial charge in [0.2, 0.25) is 0 Å². The minimum absolute atomic E-state index is 0.0763. The Labute approximate surface area is 109 Å². The normalized spacial score (nSPS) is 10.3. The maximum atomic E-state index is 11.8. The molecule has 0 aliphatic heterocycles. The highest BCUT2D eigenvalue weighted by molar-refractivity contribution is 5.92. The van der Waals surface area contributed by atoms with E-state index < -0.39 is 5.97 Å². The van der Waals surface area contributed by atoms with Crippen LogP contribution in [0.4, 0.5) is 0 Å². The Hall–Kier alpha value is -1.51. The van der Waals surface area contributed by atoms with Crippen LogP contribution in [0.3, 0.4) is 0 Å². The van der Waals surface area contributed by atoms with Crippen LogP contribution in [0.15, 0.2) is 18.2 Å². The molecule has 1 rings (SSSR count). The molecule has 1 aromatic rings. The third-order valence-corrected chi connectivity index (χ3v) is 2.87. The molecule has 3 heteroatoms. The molecule has 0 unspecified atom stereocenters. The Bertz CT molecular complexity index is 385. The van der Waals surface area contributed by atoms with Crippen LogP contribution in [0.1, 0.15) is 55.5 Å². The quantitative estimate of drug-likeness (QED) is 0.593. The van der Waals surface area contributed by atoms with E-state index >= 15 is 0 Å². The smallest absolute Gasteiger partial charge is 0.341 e. The number of benzene rings is 1. The van der Waals surface area contributed by atoms with Crippen molar-refractivity contribution in [3.05, 3.63) is 29.3 Å². The summed E-state index contributed by atoms with van der Waals surface area (Å²) < 4.78 is 5.11. The molecule has 0 saturated carbocycles. The SMILES string of the molecule is CCCCOC(=O)c1cccc(CCCC)c1O. The zero-order chi connectivity index (χ0) is 13.4. The summed E-state index contributed by atoms with van der Waals surface area (Å²) in [5.74, 6) is -0.355. The molecule has 18 heavy (non-hydrogen) atoms. The number of hydrogen-bond acceptors (Lipinski definition) is 3. The first-order chi connectivity index (χ1) is 8.70. The van der Waals surface area contributed by atoms with E-state index in [0.717, 1.165) is 37.7 Å². The minimum atomic E-state index is -0.431. The number of rotatable bonds is 7. The van der Waals surface area contributed by atoms with E-state index in [1.54, 1.807) is 12.1 Å². The number of carbonyl (C=O) groups excluding carboxylic acids is 1. The molecule has 0 aliphatic rings. The van der Waals surface area contributed by atoms with E-state index in [9.17, 15) is 9.90 Å². The Morgan fingerprint density at radius 1 is 1.22 bits per heavy atom.